The molecule has 1 aliphatic rings. The van der Waals surface area contributed by atoms with Gasteiger partial charge in [0.1, 0.15) is 11.5 Å². The summed E-state index contributed by atoms with van der Waals surface area (Å²) in [5.74, 6) is 0.388. The van der Waals surface area contributed by atoms with E-state index in [1.165, 1.54) is 10.8 Å². The van der Waals surface area contributed by atoms with Crippen molar-refractivity contribution in [1.82, 2.24) is 29.6 Å². The number of nitrogens with one attached hydrogen (secondary N) is 2. The molecule has 3 aromatic rings. The van der Waals surface area contributed by atoms with Crippen molar-refractivity contribution in [1.29, 1.82) is 0 Å². The second-order valence-corrected chi connectivity index (χ2v) is 5.83. The predicted octanol–water partition coefficient (Wildman–Crippen LogP) is -0.416. The molecule has 24 heavy (non-hydrogen) atoms. The molecule has 0 unspecified atom stereocenters. The molecule has 1 saturated heterocycles. The number of hydrogen-bond donors (Lipinski definition) is 2. The van der Waals surface area contributed by atoms with Gasteiger partial charge < -0.3 is 9.88 Å². The third kappa shape index (κ3) is 2.13. The fourth-order valence-electron chi connectivity index (χ4n) is 2.92. The number of likely N-dealkylation sites (tertiary alicyclic amines) is 1. The van der Waals surface area contributed by atoms with Gasteiger partial charge in [0.2, 0.25) is 0 Å². The molecule has 4 heterocycles. The second kappa shape index (κ2) is 5.15. The largest absolute Gasteiger partial charge is 0.343 e. The lowest BCUT2D eigenvalue weighted by atomic mass is 9.98. The summed E-state index contributed by atoms with van der Waals surface area (Å²) in [5.41, 5.74) is -0.369. The van der Waals surface area contributed by atoms with Crippen molar-refractivity contribution in [3.63, 3.8) is 0 Å². The predicted molar refractivity (Wildman–Crippen MR) is 84.8 cm³/mol. The van der Waals surface area contributed by atoms with E-state index in [-0.39, 0.29) is 28.8 Å². The number of aromatic amines is 2. The smallest absolute Gasteiger partial charge is 0.336 e. The van der Waals surface area contributed by atoms with E-state index in [2.05, 4.69) is 20.2 Å². The van der Waals surface area contributed by atoms with E-state index < -0.39 is 0 Å². The number of H-pyrrole nitrogens is 2. The molecule has 1 amide bonds. The van der Waals surface area contributed by atoms with Crippen molar-refractivity contribution in [2.24, 2.45) is 7.05 Å². The lowest BCUT2D eigenvalue weighted by molar-refractivity contribution is 0.0585. The summed E-state index contributed by atoms with van der Waals surface area (Å²) in [7, 11) is 1.64. The van der Waals surface area contributed by atoms with Crippen LogP contribution in [0.4, 0.5) is 0 Å². The minimum Gasteiger partial charge on any atom is -0.336 e. The van der Waals surface area contributed by atoms with Gasteiger partial charge in [-0.2, -0.15) is 5.10 Å². The number of pyridine rings is 2. The zero-order valence-corrected chi connectivity index (χ0v) is 12.8. The molecule has 4 rings (SSSR count). The van der Waals surface area contributed by atoms with Gasteiger partial charge in [0.15, 0.2) is 0 Å². The van der Waals surface area contributed by atoms with Gasteiger partial charge in [-0.15, -0.1) is 0 Å². The van der Waals surface area contributed by atoms with Gasteiger partial charge in [0.25, 0.3) is 11.5 Å². The zero-order valence-electron chi connectivity index (χ0n) is 12.8. The van der Waals surface area contributed by atoms with Crippen LogP contribution in [-0.2, 0) is 7.05 Å². The average Bonchev–Trinajstić information content (AvgIpc) is 2.86. The van der Waals surface area contributed by atoms with Crippen LogP contribution in [0.5, 0.6) is 0 Å². The molecule has 1 aliphatic heterocycles. The Bertz CT molecular complexity index is 1060. The standard InChI is InChI=1S/C15H14N6O3/c1-20-12(18-19-15(20)24)9-6-21(7-9)14(23)11-4-8-2-3-16-5-10(8)13(22)17-11/h2-5,9H,6-7H2,1H3,(H,17,22)(H,19,24). The third-order valence-electron chi connectivity index (χ3n) is 4.33. The Balaban J connectivity index is 1.57. The van der Waals surface area contributed by atoms with Gasteiger partial charge in [-0.05, 0) is 17.5 Å². The molecular weight excluding hydrogens is 312 g/mol. The first-order chi connectivity index (χ1) is 11.5. The lowest BCUT2D eigenvalue weighted by Crippen LogP contribution is -2.49. The third-order valence-corrected chi connectivity index (χ3v) is 4.33. The number of hydrogen-bond acceptors (Lipinski definition) is 5. The molecule has 122 valence electrons. The summed E-state index contributed by atoms with van der Waals surface area (Å²) in [5, 5.41) is 7.49. The summed E-state index contributed by atoms with van der Waals surface area (Å²) in [6.07, 6.45) is 3.05. The summed E-state index contributed by atoms with van der Waals surface area (Å²) >= 11 is 0. The maximum absolute atomic E-state index is 12.5. The summed E-state index contributed by atoms with van der Waals surface area (Å²) in [6.45, 7) is 0.904. The number of fused-ring (bicyclic) bond motifs is 1. The monoisotopic (exact) mass is 326 g/mol. The molecule has 0 aliphatic carbocycles. The Hall–Kier alpha value is -3.23. The Kier molecular flexibility index (Phi) is 3.08. The van der Waals surface area contributed by atoms with Crippen LogP contribution in [0.1, 0.15) is 22.2 Å². The highest BCUT2D eigenvalue weighted by molar-refractivity contribution is 5.96. The molecule has 9 nitrogen and oxygen atoms in total. The number of amides is 1. The molecule has 0 aromatic carbocycles. The van der Waals surface area contributed by atoms with Crippen LogP contribution in [0.25, 0.3) is 10.8 Å². The van der Waals surface area contributed by atoms with Crippen molar-refractivity contribution < 1.29 is 4.79 Å². The average molecular weight is 326 g/mol. The first-order valence-electron chi connectivity index (χ1n) is 7.42. The Labute approximate surface area is 134 Å². The molecule has 2 N–H and O–H groups in total. The van der Waals surface area contributed by atoms with Crippen molar-refractivity contribution in [2.75, 3.05) is 13.1 Å². The molecule has 9 heteroatoms. The minimum absolute atomic E-state index is 0.00859. The molecule has 0 saturated carbocycles. The minimum atomic E-state index is -0.337. The van der Waals surface area contributed by atoms with Gasteiger partial charge in [0.05, 0.1) is 11.3 Å². The number of carbonyl (C=O) groups is 1. The van der Waals surface area contributed by atoms with Crippen LogP contribution in [-0.4, -0.2) is 48.6 Å². The van der Waals surface area contributed by atoms with Gasteiger partial charge in [-0.25, -0.2) is 9.89 Å². The van der Waals surface area contributed by atoms with Gasteiger partial charge >= 0.3 is 5.69 Å². The molecule has 0 bridgehead atoms. The SMILES string of the molecule is Cn1c(C2CN(C(=O)c3cc4ccncc4c(=O)[nH]3)C2)n[nH]c1=O. The molecule has 0 spiro atoms. The highest BCUT2D eigenvalue weighted by Gasteiger charge is 2.35. The highest BCUT2D eigenvalue weighted by atomic mass is 16.2. The number of carbonyl (C=O) groups excluding carboxylic acids is 1. The molecule has 1 fully saturated rings. The fourth-order valence-corrected chi connectivity index (χ4v) is 2.92. The number of aromatic nitrogens is 5. The fraction of sp³-hybridized carbons (Fsp3) is 0.267. The van der Waals surface area contributed by atoms with Crippen molar-refractivity contribution in [3.8, 4) is 0 Å². The maximum Gasteiger partial charge on any atom is 0.343 e. The zero-order chi connectivity index (χ0) is 16.8. The van der Waals surface area contributed by atoms with E-state index in [4.69, 9.17) is 0 Å². The van der Waals surface area contributed by atoms with Gasteiger partial charge in [-0.1, -0.05) is 0 Å². The summed E-state index contributed by atoms with van der Waals surface area (Å²) < 4.78 is 1.44. The van der Waals surface area contributed by atoms with Crippen LogP contribution >= 0.6 is 0 Å². The number of rotatable bonds is 2. The van der Waals surface area contributed by atoms with E-state index in [1.54, 1.807) is 30.3 Å². The van der Waals surface area contributed by atoms with E-state index >= 15 is 0 Å². The Morgan fingerprint density at radius 1 is 1.33 bits per heavy atom. The second-order valence-electron chi connectivity index (χ2n) is 5.83. The topological polar surface area (TPSA) is 117 Å². The Morgan fingerprint density at radius 2 is 2.12 bits per heavy atom. The molecule has 0 atom stereocenters. The molecular formula is C15H14N6O3. The molecule has 0 radical (unpaired) electrons. The summed E-state index contributed by atoms with van der Waals surface area (Å²) in [4.78, 5) is 44.1. The van der Waals surface area contributed by atoms with Crippen LogP contribution in [0, 0.1) is 0 Å². The van der Waals surface area contributed by atoms with Crippen LogP contribution in [0.2, 0.25) is 0 Å². The first-order valence-corrected chi connectivity index (χ1v) is 7.42. The van der Waals surface area contributed by atoms with Crippen molar-refractivity contribution in [3.05, 3.63) is 56.9 Å². The van der Waals surface area contributed by atoms with E-state index in [9.17, 15) is 14.4 Å². The van der Waals surface area contributed by atoms with Crippen molar-refractivity contribution >= 4 is 16.7 Å². The highest BCUT2D eigenvalue weighted by Crippen LogP contribution is 2.25. The quantitative estimate of drug-likeness (QED) is 0.663. The van der Waals surface area contributed by atoms with Crippen LogP contribution in [0.15, 0.2) is 34.1 Å². The van der Waals surface area contributed by atoms with E-state index in [0.717, 1.165) is 0 Å². The Morgan fingerprint density at radius 3 is 2.83 bits per heavy atom. The summed E-state index contributed by atoms with van der Waals surface area (Å²) in [6, 6.07) is 3.35. The van der Waals surface area contributed by atoms with Gasteiger partial charge in [0, 0.05) is 32.5 Å². The first kappa shape index (κ1) is 14.4. The lowest BCUT2D eigenvalue weighted by Gasteiger charge is -2.38. The van der Waals surface area contributed by atoms with Crippen molar-refractivity contribution in [2.45, 2.75) is 5.92 Å². The number of nitrogens with zero attached hydrogens (tertiary/aromatic N) is 4. The van der Waals surface area contributed by atoms with Crippen LogP contribution in [0.3, 0.4) is 0 Å². The van der Waals surface area contributed by atoms with Gasteiger partial charge in [-0.3, -0.25) is 19.1 Å². The van der Waals surface area contributed by atoms with Crippen LogP contribution < -0.4 is 11.2 Å². The normalized spacial score (nSPS) is 14.8. The van der Waals surface area contributed by atoms with E-state index in [0.29, 0.717) is 29.7 Å². The molecule has 3 aromatic heterocycles. The van der Waals surface area contributed by atoms with E-state index in [1.807, 2.05) is 0 Å². The maximum atomic E-state index is 12.5.